The van der Waals surface area contributed by atoms with Crippen LogP contribution in [0.3, 0.4) is 0 Å². The van der Waals surface area contributed by atoms with Crippen LogP contribution in [0.25, 0.3) is 11.4 Å². The van der Waals surface area contributed by atoms with Gasteiger partial charge in [0.25, 0.3) is 0 Å². The number of H-pyrrole nitrogens is 1. The van der Waals surface area contributed by atoms with E-state index in [9.17, 15) is 22.8 Å². The van der Waals surface area contributed by atoms with E-state index < -0.39 is 17.7 Å². The second-order valence-corrected chi connectivity index (χ2v) is 10.9. The smallest absolute Gasteiger partial charge is 0.416 e. The molecule has 0 aliphatic carbocycles. The number of carbonyl (C=O) groups is 2. The molecule has 11 heteroatoms. The van der Waals surface area contributed by atoms with Crippen LogP contribution in [-0.2, 0) is 24.0 Å². The fourth-order valence-electron chi connectivity index (χ4n) is 5.35. The van der Waals surface area contributed by atoms with Gasteiger partial charge in [0, 0.05) is 49.2 Å². The van der Waals surface area contributed by atoms with Gasteiger partial charge in [0.15, 0.2) is 0 Å². The van der Waals surface area contributed by atoms with E-state index in [0.717, 1.165) is 55.0 Å². The van der Waals surface area contributed by atoms with Crippen LogP contribution in [0.4, 0.5) is 23.7 Å². The molecule has 2 amide bonds. The molecular formula is C33H34F3N5O3. The zero-order valence-electron chi connectivity index (χ0n) is 24.5. The number of nitrogens with zero attached hydrogens (tertiary/aromatic N) is 3. The maximum atomic E-state index is 13.5. The third-order valence-electron chi connectivity index (χ3n) is 7.86. The van der Waals surface area contributed by atoms with Gasteiger partial charge in [0.05, 0.1) is 23.9 Å². The lowest BCUT2D eigenvalue weighted by atomic mass is 10.0. The molecule has 0 atom stereocenters. The van der Waals surface area contributed by atoms with Gasteiger partial charge < -0.3 is 19.9 Å². The Balaban J connectivity index is 1.25. The number of likely N-dealkylation sites (tertiary alicyclic amines) is 1. The second kappa shape index (κ2) is 13.3. The molecule has 44 heavy (non-hydrogen) atoms. The van der Waals surface area contributed by atoms with Crippen LogP contribution in [0.2, 0.25) is 0 Å². The SMILES string of the molecule is COC(=O)c1ccc(CN(C(=O)Nc2ccccc2)C2CCN(Cc3nc(-c4ccc(C(F)(F)F)cc4)[nH]c3C)CC2)cc1. The molecule has 0 unspecified atom stereocenters. The Bertz CT molecular complexity index is 1560. The summed E-state index contributed by atoms with van der Waals surface area (Å²) in [5, 5.41) is 3.01. The predicted octanol–water partition coefficient (Wildman–Crippen LogP) is 6.89. The maximum Gasteiger partial charge on any atom is 0.416 e. The zero-order valence-corrected chi connectivity index (χ0v) is 24.5. The summed E-state index contributed by atoms with van der Waals surface area (Å²) < 4.78 is 43.7. The maximum absolute atomic E-state index is 13.5. The Morgan fingerprint density at radius 2 is 1.66 bits per heavy atom. The third kappa shape index (κ3) is 7.46. The number of urea groups is 1. The third-order valence-corrected chi connectivity index (χ3v) is 7.86. The zero-order chi connectivity index (χ0) is 31.3. The molecule has 0 saturated carbocycles. The van der Waals surface area contributed by atoms with E-state index in [0.29, 0.717) is 35.7 Å². The van der Waals surface area contributed by atoms with Crippen molar-refractivity contribution in [1.29, 1.82) is 0 Å². The number of halogens is 3. The van der Waals surface area contributed by atoms with Gasteiger partial charge in [-0.1, -0.05) is 42.5 Å². The number of hydrogen-bond donors (Lipinski definition) is 2. The van der Waals surface area contributed by atoms with Gasteiger partial charge in [-0.05, 0) is 61.7 Å². The number of alkyl halides is 3. The molecule has 1 aliphatic heterocycles. The number of ether oxygens (including phenoxy) is 1. The summed E-state index contributed by atoms with van der Waals surface area (Å²) in [5.41, 5.74) is 3.64. The first-order valence-electron chi connectivity index (χ1n) is 14.4. The molecule has 8 nitrogen and oxygen atoms in total. The monoisotopic (exact) mass is 605 g/mol. The Morgan fingerprint density at radius 3 is 2.27 bits per heavy atom. The Morgan fingerprint density at radius 1 is 1.00 bits per heavy atom. The van der Waals surface area contributed by atoms with Gasteiger partial charge in [-0.2, -0.15) is 13.2 Å². The van der Waals surface area contributed by atoms with Crippen molar-refractivity contribution in [1.82, 2.24) is 19.8 Å². The average Bonchev–Trinajstić information content (AvgIpc) is 3.40. The number of hydrogen-bond acceptors (Lipinski definition) is 5. The van der Waals surface area contributed by atoms with Crippen molar-refractivity contribution < 1.29 is 27.5 Å². The molecular weight excluding hydrogens is 571 g/mol. The molecule has 5 rings (SSSR count). The fourth-order valence-corrected chi connectivity index (χ4v) is 5.35. The van der Waals surface area contributed by atoms with Gasteiger partial charge in [0.2, 0.25) is 0 Å². The minimum absolute atomic E-state index is 0.0155. The molecule has 230 valence electrons. The molecule has 0 bridgehead atoms. The number of nitrogens with one attached hydrogen (secondary N) is 2. The molecule has 0 spiro atoms. The molecule has 2 N–H and O–H groups in total. The highest BCUT2D eigenvalue weighted by molar-refractivity contribution is 5.90. The normalized spacial score (nSPS) is 14.3. The highest BCUT2D eigenvalue weighted by atomic mass is 19.4. The fraction of sp³-hybridized carbons (Fsp3) is 0.303. The van der Waals surface area contributed by atoms with Crippen molar-refractivity contribution in [2.24, 2.45) is 0 Å². The number of para-hydroxylation sites is 1. The van der Waals surface area contributed by atoms with Crippen LogP contribution in [-0.4, -0.2) is 58.0 Å². The average molecular weight is 606 g/mol. The standard InChI is InChI=1S/C33H34F3N5O3/c1-22-29(39-30(37-22)24-12-14-26(15-13-24)33(34,35)36)21-40-18-16-28(17-19-40)41(32(43)38-27-6-4-3-5-7-27)20-23-8-10-25(11-9-23)31(42)44-2/h3-15,28H,16-21H2,1-2H3,(H,37,39)(H,38,43). The summed E-state index contributed by atoms with van der Waals surface area (Å²) in [6.07, 6.45) is -2.89. The number of aromatic amines is 1. The number of methoxy groups -OCH3 is 1. The lowest BCUT2D eigenvalue weighted by Gasteiger charge is -2.38. The molecule has 2 heterocycles. The highest BCUT2D eigenvalue weighted by Gasteiger charge is 2.31. The first-order chi connectivity index (χ1) is 21.1. The van der Waals surface area contributed by atoms with Crippen molar-refractivity contribution in [3.63, 3.8) is 0 Å². The summed E-state index contributed by atoms with van der Waals surface area (Å²) in [7, 11) is 1.34. The van der Waals surface area contributed by atoms with E-state index in [2.05, 4.69) is 15.2 Å². The number of benzene rings is 3. The predicted molar refractivity (Wildman–Crippen MR) is 161 cm³/mol. The number of aromatic nitrogens is 2. The van der Waals surface area contributed by atoms with Crippen LogP contribution in [0.1, 0.15) is 45.7 Å². The number of carbonyl (C=O) groups excluding carboxylic acids is 2. The minimum atomic E-state index is -4.39. The number of imidazole rings is 1. The van der Waals surface area contributed by atoms with Gasteiger partial charge in [-0.15, -0.1) is 0 Å². The topological polar surface area (TPSA) is 90.6 Å². The largest absolute Gasteiger partial charge is 0.465 e. The van der Waals surface area contributed by atoms with E-state index in [1.807, 2.05) is 54.3 Å². The van der Waals surface area contributed by atoms with Gasteiger partial charge >= 0.3 is 18.2 Å². The highest BCUT2D eigenvalue weighted by Crippen LogP contribution is 2.31. The van der Waals surface area contributed by atoms with Crippen molar-refractivity contribution in [3.05, 3.63) is 107 Å². The lowest BCUT2D eigenvalue weighted by Crippen LogP contribution is -2.48. The summed E-state index contributed by atoms with van der Waals surface area (Å²) in [5.74, 6) is 0.115. The first kappa shape index (κ1) is 30.8. The molecule has 1 saturated heterocycles. The Kier molecular flexibility index (Phi) is 9.34. The molecule has 4 aromatic rings. The first-order valence-corrected chi connectivity index (χ1v) is 14.4. The van der Waals surface area contributed by atoms with E-state index in [-0.39, 0.29) is 12.1 Å². The van der Waals surface area contributed by atoms with Crippen LogP contribution < -0.4 is 5.32 Å². The Labute approximate surface area is 253 Å². The molecule has 3 aromatic carbocycles. The molecule has 1 fully saturated rings. The summed E-state index contributed by atoms with van der Waals surface area (Å²) >= 11 is 0. The number of esters is 1. The molecule has 1 aliphatic rings. The van der Waals surface area contributed by atoms with Crippen LogP contribution >= 0.6 is 0 Å². The minimum Gasteiger partial charge on any atom is -0.465 e. The summed E-state index contributed by atoms with van der Waals surface area (Å²) in [4.78, 5) is 37.4. The lowest BCUT2D eigenvalue weighted by molar-refractivity contribution is -0.137. The quantitative estimate of drug-likeness (QED) is 0.214. The Hall–Kier alpha value is -4.64. The van der Waals surface area contributed by atoms with E-state index in [1.165, 1.54) is 19.2 Å². The number of piperidine rings is 1. The number of anilines is 1. The van der Waals surface area contributed by atoms with Crippen LogP contribution in [0.5, 0.6) is 0 Å². The summed E-state index contributed by atoms with van der Waals surface area (Å²) in [6, 6.07) is 21.1. The van der Waals surface area contributed by atoms with Crippen molar-refractivity contribution in [3.8, 4) is 11.4 Å². The summed E-state index contributed by atoms with van der Waals surface area (Å²) in [6.45, 7) is 4.34. The van der Waals surface area contributed by atoms with Crippen LogP contribution in [0, 0.1) is 6.92 Å². The van der Waals surface area contributed by atoms with Crippen molar-refractivity contribution in [2.45, 2.75) is 45.1 Å². The van der Waals surface area contributed by atoms with Crippen molar-refractivity contribution in [2.75, 3.05) is 25.5 Å². The molecule has 0 radical (unpaired) electrons. The number of amides is 2. The molecule has 1 aromatic heterocycles. The second-order valence-electron chi connectivity index (χ2n) is 10.9. The van der Waals surface area contributed by atoms with Crippen molar-refractivity contribution >= 4 is 17.7 Å². The van der Waals surface area contributed by atoms with E-state index in [1.54, 1.807) is 12.1 Å². The van der Waals surface area contributed by atoms with Crippen LogP contribution in [0.15, 0.2) is 78.9 Å². The van der Waals surface area contributed by atoms with Gasteiger partial charge in [0.1, 0.15) is 5.82 Å². The van der Waals surface area contributed by atoms with E-state index >= 15 is 0 Å². The van der Waals surface area contributed by atoms with Gasteiger partial charge in [-0.25, -0.2) is 14.6 Å². The number of aryl methyl sites for hydroxylation is 1. The van der Waals surface area contributed by atoms with Gasteiger partial charge in [-0.3, -0.25) is 4.90 Å². The number of rotatable bonds is 8. The van der Waals surface area contributed by atoms with E-state index in [4.69, 9.17) is 9.72 Å².